The minimum Gasteiger partial charge on any atom is -0.466 e. The third kappa shape index (κ3) is 3.02. The first-order valence-corrected chi connectivity index (χ1v) is 9.22. The summed E-state index contributed by atoms with van der Waals surface area (Å²) >= 11 is 0. The van der Waals surface area contributed by atoms with Crippen LogP contribution >= 0.6 is 0 Å². The Morgan fingerprint density at radius 2 is 1.92 bits per heavy atom. The van der Waals surface area contributed by atoms with Gasteiger partial charge in [-0.05, 0) is 72.5 Å². The molecule has 4 atom stereocenters. The van der Waals surface area contributed by atoms with Crippen molar-refractivity contribution in [2.45, 2.75) is 38.6 Å². The Bertz CT molecular complexity index is 620. The fourth-order valence-electron chi connectivity index (χ4n) is 5.69. The van der Waals surface area contributed by atoms with Gasteiger partial charge in [-0.1, -0.05) is 24.3 Å². The highest BCUT2D eigenvalue weighted by Crippen LogP contribution is 2.65. The first-order valence-electron chi connectivity index (χ1n) is 9.22. The summed E-state index contributed by atoms with van der Waals surface area (Å²) in [5.41, 5.74) is 2.95. The summed E-state index contributed by atoms with van der Waals surface area (Å²) < 4.78 is 4.61. The van der Waals surface area contributed by atoms with Crippen LogP contribution in [0.15, 0.2) is 30.3 Å². The maximum Gasteiger partial charge on any atom is 0.330 e. The van der Waals surface area contributed by atoms with E-state index >= 15 is 0 Å². The van der Waals surface area contributed by atoms with Gasteiger partial charge in [0.25, 0.3) is 0 Å². The summed E-state index contributed by atoms with van der Waals surface area (Å²) in [6.07, 6.45) is 10.7. The fourth-order valence-corrected chi connectivity index (χ4v) is 5.69. The molecule has 128 valence electrons. The Hall–Kier alpha value is -1.61. The van der Waals surface area contributed by atoms with Crippen LogP contribution in [0.4, 0.5) is 0 Å². The van der Waals surface area contributed by atoms with Gasteiger partial charge in [-0.3, -0.25) is 0 Å². The number of hydrogen-bond donors (Lipinski definition) is 1. The number of rotatable bonds is 6. The summed E-state index contributed by atoms with van der Waals surface area (Å²) in [6, 6.07) is 8.38. The molecule has 0 amide bonds. The molecule has 4 saturated carbocycles. The summed E-state index contributed by atoms with van der Waals surface area (Å²) in [6.45, 7) is 2.12. The van der Waals surface area contributed by atoms with E-state index in [4.69, 9.17) is 0 Å². The molecule has 4 fully saturated rings. The van der Waals surface area contributed by atoms with Crippen LogP contribution in [-0.4, -0.2) is 19.6 Å². The molecule has 1 N–H and O–H groups in total. The lowest BCUT2D eigenvalue weighted by Gasteiger charge is -2.33. The summed E-state index contributed by atoms with van der Waals surface area (Å²) in [5.74, 6) is 2.75. The second-order valence-corrected chi connectivity index (χ2v) is 8.11. The monoisotopic (exact) mass is 325 g/mol. The van der Waals surface area contributed by atoms with Gasteiger partial charge in [0.2, 0.25) is 0 Å². The predicted octanol–water partition coefficient (Wildman–Crippen LogP) is 3.79. The van der Waals surface area contributed by atoms with Crippen LogP contribution < -0.4 is 5.32 Å². The van der Waals surface area contributed by atoms with Crippen molar-refractivity contribution in [1.82, 2.24) is 5.32 Å². The number of hydrogen-bond acceptors (Lipinski definition) is 3. The molecule has 4 aliphatic carbocycles. The molecule has 5 rings (SSSR count). The van der Waals surface area contributed by atoms with Gasteiger partial charge < -0.3 is 10.1 Å². The zero-order valence-electron chi connectivity index (χ0n) is 14.5. The third-order valence-electron chi connectivity index (χ3n) is 6.56. The van der Waals surface area contributed by atoms with E-state index in [-0.39, 0.29) is 5.97 Å². The number of ether oxygens (including phenoxy) is 1. The average Bonchev–Trinajstić information content (AvgIpc) is 2.97. The Balaban J connectivity index is 1.29. The number of benzene rings is 1. The second kappa shape index (κ2) is 6.36. The molecule has 2 unspecified atom stereocenters. The van der Waals surface area contributed by atoms with Crippen molar-refractivity contribution in [3.8, 4) is 0 Å². The zero-order valence-corrected chi connectivity index (χ0v) is 14.5. The lowest BCUT2D eigenvalue weighted by molar-refractivity contribution is -0.134. The molecule has 1 aromatic rings. The largest absolute Gasteiger partial charge is 0.466 e. The predicted molar refractivity (Wildman–Crippen MR) is 95.2 cm³/mol. The normalized spacial score (nSPS) is 33.5. The van der Waals surface area contributed by atoms with Gasteiger partial charge in [0, 0.05) is 19.2 Å². The van der Waals surface area contributed by atoms with E-state index in [0.717, 1.165) is 29.9 Å². The van der Waals surface area contributed by atoms with Crippen molar-refractivity contribution < 1.29 is 9.53 Å². The maximum atomic E-state index is 11.1. The highest BCUT2D eigenvalue weighted by atomic mass is 16.5. The lowest BCUT2D eigenvalue weighted by atomic mass is 9.75. The molecule has 0 spiro atoms. The number of carbonyl (C=O) groups is 1. The van der Waals surface area contributed by atoms with E-state index in [0.29, 0.717) is 5.41 Å². The van der Waals surface area contributed by atoms with Crippen molar-refractivity contribution in [3.63, 3.8) is 0 Å². The third-order valence-corrected chi connectivity index (χ3v) is 6.56. The second-order valence-electron chi connectivity index (χ2n) is 8.11. The molecule has 0 saturated heterocycles. The average molecular weight is 325 g/mol. The van der Waals surface area contributed by atoms with Gasteiger partial charge in [0.05, 0.1) is 7.11 Å². The molecule has 3 heteroatoms. The van der Waals surface area contributed by atoms with Gasteiger partial charge in [0.15, 0.2) is 0 Å². The molecule has 0 aromatic heterocycles. The maximum absolute atomic E-state index is 11.1. The molecule has 1 aromatic carbocycles. The van der Waals surface area contributed by atoms with Crippen LogP contribution in [0.25, 0.3) is 6.08 Å². The van der Waals surface area contributed by atoms with Crippen LogP contribution in [0.1, 0.15) is 43.2 Å². The molecule has 0 heterocycles. The zero-order chi connectivity index (χ0) is 16.6. The van der Waals surface area contributed by atoms with E-state index < -0.39 is 0 Å². The van der Waals surface area contributed by atoms with Gasteiger partial charge in [-0.2, -0.15) is 0 Å². The van der Waals surface area contributed by atoms with Crippen LogP contribution in [0.2, 0.25) is 0 Å². The molecule has 0 aliphatic heterocycles. The Labute approximate surface area is 144 Å². The van der Waals surface area contributed by atoms with Crippen molar-refractivity contribution in [2.24, 2.45) is 23.2 Å². The van der Waals surface area contributed by atoms with Gasteiger partial charge in [0.1, 0.15) is 0 Å². The van der Waals surface area contributed by atoms with E-state index in [1.807, 2.05) is 0 Å². The highest BCUT2D eigenvalue weighted by Gasteiger charge is 2.56. The summed E-state index contributed by atoms with van der Waals surface area (Å²) in [5, 5.41) is 3.73. The molecular formula is C21H27NO2. The Morgan fingerprint density at radius 3 is 2.58 bits per heavy atom. The smallest absolute Gasteiger partial charge is 0.330 e. The highest BCUT2D eigenvalue weighted by molar-refractivity contribution is 5.86. The number of methoxy groups -OCH3 is 1. The molecule has 4 bridgehead atoms. The SMILES string of the molecule is COC(=O)/C=C/c1ccc(CNCC23C[C@@H]4CC2C[C@@H](C4)C3)cc1. The minimum absolute atomic E-state index is 0.319. The quantitative estimate of drug-likeness (QED) is 0.639. The number of carbonyl (C=O) groups excluding carboxylic acids is 1. The molecular weight excluding hydrogens is 298 g/mol. The first kappa shape index (κ1) is 15.9. The fraction of sp³-hybridized carbons (Fsp3) is 0.571. The summed E-state index contributed by atoms with van der Waals surface area (Å²) in [7, 11) is 1.39. The van der Waals surface area contributed by atoms with Crippen LogP contribution in [0.3, 0.4) is 0 Å². The molecule has 4 aliphatic rings. The minimum atomic E-state index is -0.319. The van der Waals surface area contributed by atoms with E-state index in [1.165, 1.54) is 57.4 Å². The van der Waals surface area contributed by atoms with Crippen molar-refractivity contribution in [2.75, 3.05) is 13.7 Å². The van der Waals surface area contributed by atoms with Crippen LogP contribution in [0.5, 0.6) is 0 Å². The van der Waals surface area contributed by atoms with Gasteiger partial charge in [-0.25, -0.2) is 4.79 Å². The van der Waals surface area contributed by atoms with Gasteiger partial charge in [-0.15, -0.1) is 0 Å². The lowest BCUT2D eigenvalue weighted by Crippen LogP contribution is -2.35. The van der Waals surface area contributed by atoms with E-state index in [1.54, 1.807) is 6.08 Å². The number of esters is 1. The van der Waals surface area contributed by atoms with Crippen LogP contribution in [0, 0.1) is 23.2 Å². The van der Waals surface area contributed by atoms with Crippen molar-refractivity contribution >= 4 is 12.0 Å². The summed E-state index contributed by atoms with van der Waals surface area (Å²) in [4.78, 5) is 11.1. The molecule has 0 radical (unpaired) electrons. The Kier molecular flexibility index (Phi) is 4.21. The van der Waals surface area contributed by atoms with E-state index in [2.05, 4.69) is 34.3 Å². The molecule has 24 heavy (non-hydrogen) atoms. The topological polar surface area (TPSA) is 38.3 Å². The standard InChI is InChI=1S/C21H27NO2/c1-24-20(23)7-6-15-2-4-16(5-3-15)13-22-14-21-11-17-8-18(12-21)10-19(21)9-17/h2-7,17-19,22H,8-14H2,1H3/b7-6+/t17-,18+,19?,21?. The van der Waals surface area contributed by atoms with Crippen molar-refractivity contribution in [3.05, 3.63) is 41.5 Å². The number of nitrogens with one attached hydrogen (secondary N) is 1. The van der Waals surface area contributed by atoms with Crippen LogP contribution in [-0.2, 0) is 16.1 Å². The van der Waals surface area contributed by atoms with Crippen molar-refractivity contribution in [1.29, 1.82) is 0 Å². The molecule has 3 nitrogen and oxygen atoms in total. The first-order chi connectivity index (χ1) is 11.7. The Morgan fingerprint density at radius 1 is 1.21 bits per heavy atom. The van der Waals surface area contributed by atoms with E-state index in [9.17, 15) is 4.79 Å². The van der Waals surface area contributed by atoms with Gasteiger partial charge >= 0.3 is 5.97 Å².